The number of carbonyl (C=O) groups excluding carboxylic acids is 1. The fourth-order valence-corrected chi connectivity index (χ4v) is 6.70. The molecule has 0 spiro atoms. The topological polar surface area (TPSA) is 93.5 Å². The van der Waals surface area contributed by atoms with Crippen LogP contribution < -0.4 is 9.61 Å². The average molecular weight is 592 g/mol. The van der Waals surface area contributed by atoms with Crippen LogP contribution in [0.3, 0.4) is 0 Å². The zero-order valence-corrected chi connectivity index (χ0v) is 23.5. The molecule has 2 aromatic carbocycles. The third kappa shape index (κ3) is 5.60. The van der Waals surface area contributed by atoms with Gasteiger partial charge in [0.1, 0.15) is 11.6 Å². The second-order valence-electron chi connectivity index (χ2n) is 8.78. The van der Waals surface area contributed by atoms with Crippen molar-refractivity contribution in [2.75, 3.05) is 13.1 Å². The molecule has 0 unspecified atom stereocenters. The molecule has 5 rings (SSSR count). The number of hydrogen-bond donors (Lipinski definition) is 1. The van der Waals surface area contributed by atoms with Crippen molar-refractivity contribution in [1.82, 2.24) is 20.0 Å². The number of imidazole rings is 1. The summed E-state index contributed by atoms with van der Waals surface area (Å²) in [5.41, 5.74) is 4.86. The van der Waals surface area contributed by atoms with Crippen LogP contribution in [0.5, 0.6) is 5.75 Å². The molecule has 2 aromatic heterocycles. The molecule has 198 valence electrons. The number of hydrogen-bond acceptors (Lipinski definition) is 7. The number of nitrogens with one attached hydrogen (secondary N) is 1. The van der Waals surface area contributed by atoms with Gasteiger partial charge in [0.05, 0.1) is 16.4 Å². The number of benzene rings is 2. The minimum absolute atomic E-state index is 0.104. The van der Waals surface area contributed by atoms with Gasteiger partial charge in [0.25, 0.3) is 5.91 Å². The zero-order valence-electron chi connectivity index (χ0n) is 20.4. The normalized spacial score (nSPS) is 14.4. The Bertz CT molecular complexity index is 1580. The van der Waals surface area contributed by atoms with Crippen LogP contribution in [0.2, 0.25) is 10.0 Å². The summed E-state index contributed by atoms with van der Waals surface area (Å²) in [5, 5.41) is 4.40. The fraction of sp³-hybridized carbons (Fsp3) is 0.231. The lowest BCUT2D eigenvalue weighted by molar-refractivity contribution is 0.0744. The van der Waals surface area contributed by atoms with E-state index in [9.17, 15) is 13.2 Å². The quantitative estimate of drug-likeness (QED) is 0.261. The number of rotatable bonds is 7. The Balaban J connectivity index is 1.57. The summed E-state index contributed by atoms with van der Waals surface area (Å²) in [6.07, 6.45) is 3.17. The second kappa shape index (κ2) is 11.1. The Hall–Kier alpha value is -2.89. The maximum Gasteiger partial charge on any atom is 0.348 e. The van der Waals surface area contributed by atoms with Gasteiger partial charge in [-0.05, 0) is 61.5 Å². The number of amides is 1. The van der Waals surface area contributed by atoms with Crippen LogP contribution in [0.15, 0.2) is 64.2 Å². The number of hydrazine groups is 1. The molecule has 38 heavy (non-hydrogen) atoms. The molecule has 1 aliphatic rings. The highest BCUT2D eigenvalue weighted by Crippen LogP contribution is 2.34. The van der Waals surface area contributed by atoms with Crippen LogP contribution in [-0.2, 0) is 10.1 Å². The smallest absolute Gasteiger partial charge is 0.348 e. The minimum atomic E-state index is -3.99. The summed E-state index contributed by atoms with van der Waals surface area (Å²) in [6.45, 7) is 3.33. The number of nitrogens with zero attached hydrogens (tertiary/aromatic N) is 3. The molecule has 1 fully saturated rings. The summed E-state index contributed by atoms with van der Waals surface area (Å²) in [4.78, 5) is 18.0. The van der Waals surface area contributed by atoms with E-state index >= 15 is 0 Å². The summed E-state index contributed by atoms with van der Waals surface area (Å²) in [5.74, 6) is 0.199. The highest BCUT2D eigenvalue weighted by molar-refractivity contribution is 7.89. The number of thiophene rings is 1. The summed E-state index contributed by atoms with van der Waals surface area (Å²) in [7, 11) is -3.99. The molecular formula is C26H24Cl2N4O4S2. The molecule has 1 aliphatic heterocycles. The maximum atomic E-state index is 13.3. The van der Waals surface area contributed by atoms with E-state index < -0.39 is 10.1 Å². The Morgan fingerprint density at radius 3 is 2.55 bits per heavy atom. The Morgan fingerprint density at radius 2 is 1.84 bits per heavy atom. The van der Waals surface area contributed by atoms with E-state index in [1.807, 2.05) is 5.01 Å². The third-order valence-corrected chi connectivity index (χ3v) is 9.28. The van der Waals surface area contributed by atoms with E-state index in [0.717, 1.165) is 43.7 Å². The molecule has 0 saturated carbocycles. The number of carbonyl (C=O) groups is 1. The lowest BCUT2D eigenvalue weighted by atomic mass is 10.2. The number of piperidine rings is 1. The molecule has 1 amide bonds. The van der Waals surface area contributed by atoms with E-state index in [0.29, 0.717) is 32.8 Å². The Kier molecular flexibility index (Phi) is 7.78. The minimum Gasteiger partial charge on any atom is -0.378 e. The van der Waals surface area contributed by atoms with Crippen molar-refractivity contribution in [1.29, 1.82) is 0 Å². The predicted octanol–water partition coefficient (Wildman–Crippen LogP) is 6.11. The van der Waals surface area contributed by atoms with Gasteiger partial charge in [0, 0.05) is 29.7 Å². The van der Waals surface area contributed by atoms with Gasteiger partial charge in [-0.2, -0.15) is 8.42 Å². The molecule has 0 atom stereocenters. The lowest BCUT2D eigenvalue weighted by Gasteiger charge is -2.26. The number of aromatic nitrogens is 2. The molecular weight excluding hydrogens is 567 g/mol. The monoisotopic (exact) mass is 590 g/mol. The standard InChI is InChI=1S/C26H24Cl2N4O4S2/c1-17-24(26(33)30-31-12-3-2-4-13-31)29-25(21-11-10-18(27)15-22(21)28)32(17)19-7-5-8-20(16-19)36-38(34,35)23-9-6-14-37-23/h5-11,14-16H,2-4,12-13H2,1H3,(H,30,33). The van der Waals surface area contributed by atoms with Crippen molar-refractivity contribution < 1.29 is 17.4 Å². The molecule has 0 bridgehead atoms. The predicted molar refractivity (Wildman–Crippen MR) is 149 cm³/mol. The zero-order chi connectivity index (χ0) is 26.9. The second-order valence-corrected chi connectivity index (χ2v) is 12.3. The highest BCUT2D eigenvalue weighted by atomic mass is 35.5. The van der Waals surface area contributed by atoms with Crippen molar-refractivity contribution in [3.63, 3.8) is 0 Å². The Morgan fingerprint density at radius 1 is 1.05 bits per heavy atom. The van der Waals surface area contributed by atoms with Gasteiger partial charge in [0.2, 0.25) is 0 Å². The molecule has 0 aliphatic carbocycles. The van der Waals surface area contributed by atoms with Crippen molar-refractivity contribution >= 4 is 50.6 Å². The van der Waals surface area contributed by atoms with Crippen LogP contribution in [0.25, 0.3) is 17.1 Å². The van der Waals surface area contributed by atoms with Crippen LogP contribution in [0.4, 0.5) is 0 Å². The van der Waals surface area contributed by atoms with Crippen LogP contribution in [0.1, 0.15) is 35.4 Å². The van der Waals surface area contributed by atoms with Gasteiger partial charge >= 0.3 is 10.1 Å². The highest BCUT2D eigenvalue weighted by Gasteiger charge is 2.25. The van der Waals surface area contributed by atoms with E-state index in [2.05, 4.69) is 5.43 Å². The van der Waals surface area contributed by atoms with Gasteiger partial charge in [0.15, 0.2) is 9.90 Å². The molecule has 3 heterocycles. The van der Waals surface area contributed by atoms with Crippen molar-refractivity contribution in [3.8, 4) is 22.8 Å². The maximum absolute atomic E-state index is 13.3. The molecule has 0 radical (unpaired) electrons. The van der Waals surface area contributed by atoms with Gasteiger partial charge in [-0.3, -0.25) is 14.8 Å². The summed E-state index contributed by atoms with van der Waals surface area (Å²) >= 11 is 13.7. The van der Waals surface area contributed by atoms with E-state index in [1.165, 1.54) is 6.07 Å². The van der Waals surface area contributed by atoms with Gasteiger partial charge < -0.3 is 4.18 Å². The van der Waals surface area contributed by atoms with Gasteiger partial charge in [-0.15, -0.1) is 11.3 Å². The van der Waals surface area contributed by atoms with Gasteiger partial charge in [-0.25, -0.2) is 9.99 Å². The SMILES string of the molecule is Cc1c(C(=O)NN2CCCCC2)nc(-c2ccc(Cl)cc2Cl)n1-c1cccc(OS(=O)(=O)c2cccs2)c1. The van der Waals surface area contributed by atoms with E-state index in [-0.39, 0.29) is 21.6 Å². The molecule has 8 nitrogen and oxygen atoms in total. The van der Waals surface area contributed by atoms with E-state index in [1.54, 1.807) is 65.4 Å². The fourth-order valence-electron chi connectivity index (χ4n) is 4.33. The van der Waals surface area contributed by atoms with Crippen LogP contribution in [-0.4, -0.2) is 42.0 Å². The van der Waals surface area contributed by atoms with Gasteiger partial charge in [-0.1, -0.05) is 41.8 Å². The third-order valence-electron chi connectivity index (χ3n) is 6.13. The molecule has 4 aromatic rings. The summed E-state index contributed by atoms with van der Waals surface area (Å²) in [6, 6.07) is 14.7. The summed E-state index contributed by atoms with van der Waals surface area (Å²) < 4.78 is 32.7. The molecule has 12 heteroatoms. The molecule has 1 saturated heterocycles. The first kappa shape index (κ1) is 26.7. The average Bonchev–Trinajstić information content (AvgIpc) is 3.54. The van der Waals surface area contributed by atoms with Crippen LogP contribution >= 0.6 is 34.5 Å². The molecule has 1 N–H and O–H groups in total. The lowest BCUT2D eigenvalue weighted by Crippen LogP contribution is -2.45. The largest absolute Gasteiger partial charge is 0.378 e. The van der Waals surface area contributed by atoms with E-state index in [4.69, 9.17) is 32.4 Å². The first-order valence-corrected chi connectivity index (χ1v) is 15.0. The number of halogens is 2. The van der Waals surface area contributed by atoms with Crippen molar-refractivity contribution in [2.24, 2.45) is 0 Å². The van der Waals surface area contributed by atoms with Crippen LogP contribution in [0, 0.1) is 6.92 Å². The first-order valence-electron chi connectivity index (χ1n) is 11.9. The first-order chi connectivity index (χ1) is 18.2. The van der Waals surface area contributed by atoms with Crippen molar-refractivity contribution in [3.05, 3.63) is 81.4 Å². The Labute approximate surface area is 234 Å². The van der Waals surface area contributed by atoms with Crippen molar-refractivity contribution in [2.45, 2.75) is 30.4 Å².